The van der Waals surface area contributed by atoms with Crippen LogP contribution in [0.1, 0.15) is 194 Å². The van der Waals surface area contributed by atoms with E-state index >= 15 is 0 Å². The molecule has 300 valence electrons. The Balaban J connectivity index is 4.14. The van der Waals surface area contributed by atoms with Gasteiger partial charge in [0.2, 0.25) is 0 Å². The summed E-state index contributed by atoms with van der Waals surface area (Å²) < 4.78 is 17.0. The van der Waals surface area contributed by atoms with Gasteiger partial charge in [0.15, 0.2) is 6.10 Å². The third kappa shape index (κ3) is 33.6. The number of nitrogens with zero attached hydrogens (tertiary/aromatic N) is 1. The van der Waals surface area contributed by atoms with Gasteiger partial charge in [0.1, 0.15) is 12.6 Å². The van der Waals surface area contributed by atoms with Crippen LogP contribution in [-0.4, -0.2) is 75.5 Å². The number of ether oxygens (including phenoxy) is 3. The summed E-state index contributed by atoms with van der Waals surface area (Å²) in [6.07, 6.45) is 35.6. The number of carbonyl (C=O) groups excluding carboxylic acids is 3. The summed E-state index contributed by atoms with van der Waals surface area (Å²) in [5.74, 6) is -1.79. The summed E-state index contributed by atoms with van der Waals surface area (Å²) >= 11 is 0. The highest BCUT2D eigenvalue weighted by molar-refractivity contribution is 5.70. The highest BCUT2D eigenvalue weighted by Gasteiger charge is 2.25. The van der Waals surface area contributed by atoms with Crippen LogP contribution in [0.3, 0.4) is 0 Å². The first-order chi connectivity index (χ1) is 24.6. The summed E-state index contributed by atoms with van der Waals surface area (Å²) in [5, 5.41) is 11.6. The van der Waals surface area contributed by atoms with E-state index in [1.165, 1.54) is 122 Å². The number of rotatable bonds is 38. The monoisotopic (exact) mass is 724 g/mol. The normalized spacial score (nSPS) is 13.0. The Labute approximate surface area is 314 Å². The minimum atomic E-state index is -1.13. The van der Waals surface area contributed by atoms with Crippen molar-refractivity contribution in [3.05, 3.63) is 12.2 Å². The van der Waals surface area contributed by atoms with Crippen molar-refractivity contribution >= 4 is 17.9 Å². The quantitative estimate of drug-likeness (QED) is 0.0271. The summed E-state index contributed by atoms with van der Waals surface area (Å²) in [6, 6.07) is -0.725. The maximum atomic E-state index is 12.5. The number of carboxylic acid groups (broad SMARTS) is 1. The predicted octanol–water partition coefficient (Wildman–Crippen LogP) is 9.80. The number of carbonyl (C=O) groups is 3. The lowest BCUT2D eigenvalue weighted by atomic mass is 10.0. The van der Waals surface area contributed by atoms with Gasteiger partial charge in [0.25, 0.3) is 0 Å². The fraction of sp³-hybridized carbons (Fsp3) is 0.884. The Morgan fingerprint density at radius 2 is 1.02 bits per heavy atom. The van der Waals surface area contributed by atoms with E-state index in [-0.39, 0.29) is 49.1 Å². The molecule has 0 aliphatic rings. The van der Waals surface area contributed by atoms with Gasteiger partial charge in [-0.3, -0.25) is 9.59 Å². The van der Waals surface area contributed by atoms with E-state index < -0.39 is 18.1 Å². The number of aliphatic carboxylic acids is 1. The second-order valence-electron chi connectivity index (χ2n) is 15.6. The SMILES string of the molecule is CCCCC/C=C/CCC(=O)OC(COCCC(C(=O)[O-])[N+](C)(C)C)COC(=O)CCCCCCCCCCCCCCCCCCCCCC. The summed E-state index contributed by atoms with van der Waals surface area (Å²) in [6.45, 7) is 4.57. The van der Waals surface area contributed by atoms with Crippen LogP contribution in [0.2, 0.25) is 0 Å². The first-order valence-corrected chi connectivity index (χ1v) is 21.2. The fourth-order valence-corrected chi connectivity index (χ4v) is 6.32. The zero-order chi connectivity index (χ0) is 37.8. The van der Waals surface area contributed by atoms with Gasteiger partial charge in [0.05, 0.1) is 40.3 Å². The lowest BCUT2D eigenvalue weighted by Crippen LogP contribution is -2.55. The van der Waals surface area contributed by atoms with Crippen LogP contribution >= 0.6 is 0 Å². The summed E-state index contributed by atoms with van der Waals surface area (Å²) in [5.41, 5.74) is 0. The lowest BCUT2D eigenvalue weighted by molar-refractivity contribution is -0.889. The van der Waals surface area contributed by atoms with E-state index in [0.29, 0.717) is 12.8 Å². The molecule has 8 nitrogen and oxygen atoms in total. The van der Waals surface area contributed by atoms with Crippen molar-refractivity contribution in [3.63, 3.8) is 0 Å². The Kier molecular flexibility index (Phi) is 33.8. The zero-order valence-electron chi connectivity index (χ0n) is 34.0. The number of carboxylic acids is 1. The van der Waals surface area contributed by atoms with Gasteiger partial charge in [-0.1, -0.05) is 161 Å². The van der Waals surface area contributed by atoms with Gasteiger partial charge >= 0.3 is 11.9 Å². The highest BCUT2D eigenvalue weighted by Crippen LogP contribution is 2.16. The summed E-state index contributed by atoms with van der Waals surface area (Å²) in [4.78, 5) is 36.5. The van der Waals surface area contributed by atoms with Gasteiger partial charge in [-0.25, -0.2) is 0 Å². The molecule has 0 aliphatic carbocycles. The van der Waals surface area contributed by atoms with Crippen LogP contribution in [-0.2, 0) is 28.6 Å². The molecule has 0 N–H and O–H groups in total. The molecule has 0 heterocycles. The van der Waals surface area contributed by atoms with E-state index in [0.717, 1.165) is 32.1 Å². The van der Waals surface area contributed by atoms with Crippen molar-refractivity contribution < 1.29 is 38.2 Å². The lowest BCUT2D eigenvalue weighted by Gasteiger charge is -2.34. The van der Waals surface area contributed by atoms with Crippen LogP contribution in [0.4, 0.5) is 0 Å². The van der Waals surface area contributed by atoms with Crippen molar-refractivity contribution in [1.82, 2.24) is 0 Å². The van der Waals surface area contributed by atoms with E-state index in [4.69, 9.17) is 14.2 Å². The number of esters is 2. The van der Waals surface area contributed by atoms with Gasteiger partial charge in [-0.05, 0) is 25.7 Å². The molecule has 0 aromatic heterocycles. The Morgan fingerprint density at radius 3 is 1.49 bits per heavy atom. The molecule has 2 unspecified atom stereocenters. The highest BCUT2D eigenvalue weighted by atomic mass is 16.6. The molecule has 0 fully saturated rings. The Hall–Kier alpha value is -1.93. The Morgan fingerprint density at radius 1 is 0.569 bits per heavy atom. The van der Waals surface area contributed by atoms with Crippen molar-refractivity contribution in [1.29, 1.82) is 0 Å². The molecule has 8 heteroatoms. The fourth-order valence-electron chi connectivity index (χ4n) is 6.32. The maximum absolute atomic E-state index is 12.5. The second kappa shape index (κ2) is 35.1. The third-order valence-corrected chi connectivity index (χ3v) is 9.67. The number of allylic oxidation sites excluding steroid dienone is 2. The zero-order valence-corrected chi connectivity index (χ0v) is 34.0. The van der Waals surface area contributed by atoms with E-state index in [1.807, 2.05) is 6.08 Å². The maximum Gasteiger partial charge on any atom is 0.306 e. The first kappa shape index (κ1) is 49.1. The molecule has 0 aromatic rings. The largest absolute Gasteiger partial charge is 0.544 e. The number of likely N-dealkylation sites (N-methyl/N-ethyl adjacent to an activating group) is 1. The predicted molar refractivity (Wildman–Crippen MR) is 208 cm³/mol. The van der Waals surface area contributed by atoms with Crippen LogP contribution in [0.25, 0.3) is 0 Å². The molecule has 0 radical (unpaired) electrons. The smallest absolute Gasteiger partial charge is 0.306 e. The van der Waals surface area contributed by atoms with Crippen LogP contribution in [0, 0.1) is 0 Å². The molecule has 0 amide bonds. The minimum Gasteiger partial charge on any atom is -0.544 e. The molecule has 51 heavy (non-hydrogen) atoms. The number of hydrogen-bond donors (Lipinski definition) is 0. The molecule has 0 bridgehead atoms. The van der Waals surface area contributed by atoms with E-state index in [1.54, 1.807) is 21.1 Å². The van der Waals surface area contributed by atoms with Gasteiger partial charge in [-0.2, -0.15) is 0 Å². The first-order valence-electron chi connectivity index (χ1n) is 21.2. The molecule has 2 atom stereocenters. The average molecular weight is 724 g/mol. The molecule has 0 aliphatic heterocycles. The van der Waals surface area contributed by atoms with Crippen molar-refractivity contribution in [3.8, 4) is 0 Å². The van der Waals surface area contributed by atoms with Crippen molar-refractivity contribution in [2.75, 3.05) is 41.0 Å². The number of hydrogen-bond acceptors (Lipinski definition) is 7. The molecular weight excluding hydrogens is 642 g/mol. The molecule has 0 rings (SSSR count). The molecule has 0 spiro atoms. The van der Waals surface area contributed by atoms with Crippen LogP contribution in [0.15, 0.2) is 12.2 Å². The van der Waals surface area contributed by atoms with E-state index in [2.05, 4.69) is 19.9 Å². The molecule has 0 saturated heterocycles. The average Bonchev–Trinajstić information content (AvgIpc) is 3.08. The standard InChI is InChI=1S/C43H81NO7/c1-6-8-10-12-14-15-16-17-18-19-20-21-22-23-24-25-26-28-29-31-33-41(45)50-38-39(37-49-36-35-40(43(47)48)44(3,4)5)51-42(46)34-32-30-27-13-11-9-7-2/h27,30,39-40H,6-26,28-29,31-38H2,1-5H3/b30-27+. The molecule has 0 saturated carbocycles. The summed E-state index contributed by atoms with van der Waals surface area (Å²) in [7, 11) is 5.39. The van der Waals surface area contributed by atoms with Gasteiger partial charge in [-0.15, -0.1) is 0 Å². The topological polar surface area (TPSA) is 102 Å². The Bertz CT molecular complexity index is 854. The number of quaternary nitrogens is 1. The molecule has 0 aromatic carbocycles. The molecular formula is C43H81NO7. The second-order valence-corrected chi connectivity index (χ2v) is 15.6. The van der Waals surface area contributed by atoms with Gasteiger partial charge in [0, 0.05) is 19.3 Å². The van der Waals surface area contributed by atoms with Crippen molar-refractivity contribution in [2.24, 2.45) is 0 Å². The van der Waals surface area contributed by atoms with Gasteiger partial charge < -0.3 is 28.6 Å². The minimum absolute atomic E-state index is 0.0299. The number of unbranched alkanes of at least 4 members (excludes halogenated alkanes) is 22. The van der Waals surface area contributed by atoms with Crippen molar-refractivity contribution in [2.45, 2.75) is 206 Å². The third-order valence-electron chi connectivity index (χ3n) is 9.67. The van der Waals surface area contributed by atoms with Crippen LogP contribution in [0.5, 0.6) is 0 Å². The van der Waals surface area contributed by atoms with Crippen LogP contribution < -0.4 is 5.11 Å². The van der Waals surface area contributed by atoms with E-state index in [9.17, 15) is 19.5 Å².